The van der Waals surface area contributed by atoms with Crippen LogP contribution in [0.15, 0.2) is 64.8 Å². The van der Waals surface area contributed by atoms with Crippen LogP contribution >= 0.6 is 0 Å². The maximum absolute atomic E-state index is 10.4. The van der Waals surface area contributed by atoms with Gasteiger partial charge in [0.15, 0.2) is 0 Å². The summed E-state index contributed by atoms with van der Waals surface area (Å²) in [5.74, 6) is 0. The Morgan fingerprint density at radius 3 is 2.29 bits per heavy atom. The minimum absolute atomic E-state index is 0.543. The van der Waals surface area contributed by atoms with Crippen molar-refractivity contribution in [3.05, 3.63) is 54.6 Å². The molecular formula is C13H10N2O2. The summed E-state index contributed by atoms with van der Waals surface area (Å²) in [4.78, 5) is 10.4. The molecule has 17 heavy (non-hydrogen) atoms. The van der Waals surface area contributed by atoms with Gasteiger partial charge in [-0.1, -0.05) is 53.6 Å². The summed E-state index contributed by atoms with van der Waals surface area (Å²) >= 11 is 0. The summed E-state index contributed by atoms with van der Waals surface area (Å²) in [5.41, 5.74) is 2.38. The van der Waals surface area contributed by atoms with Crippen LogP contribution in [-0.2, 0) is 0 Å². The van der Waals surface area contributed by atoms with Gasteiger partial charge in [0.25, 0.3) is 0 Å². The van der Waals surface area contributed by atoms with E-state index in [2.05, 4.69) is 10.2 Å². The molecule has 0 aliphatic carbocycles. The molecule has 0 saturated carbocycles. The summed E-state index contributed by atoms with van der Waals surface area (Å²) < 4.78 is 0. The third-order valence-corrected chi connectivity index (χ3v) is 2.23. The Bertz CT molecular complexity index is 550. The highest BCUT2D eigenvalue weighted by Gasteiger charge is 2.03. The molecule has 0 aromatic heterocycles. The summed E-state index contributed by atoms with van der Waals surface area (Å²) in [6.07, 6.45) is -1.30. The van der Waals surface area contributed by atoms with Crippen molar-refractivity contribution < 1.29 is 9.90 Å². The lowest BCUT2D eigenvalue weighted by Crippen LogP contribution is -1.82. The van der Waals surface area contributed by atoms with Gasteiger partial charge in [0.2, 0.25) is 0 Å². The van der Waals surface area contributed by atoms with Crippen molar-refractivity contribution in [2.24, 2.45) is 10.2 Å². The van der Waals surface area contributed by atoms with Crippen molar-refractivity contribution in [3.63, 3.8) is 0 Å². The van der Waals surface area contributed by atoms with Crippen LogP contribution < -0.4 is 0 Å². The maximum atomic E-state index is 10.4. The van der Waals surface area contributed by atoms with Crippen LogP contribution in [0.4, 0.5) is 10.5 Å². The molecule has 84 valence electrons. The van der Waals surface area contributed by atoms with Crippen molar-refractivity contribution >= 4 is 11.8 Å². The lowest BCUT2D eigenvalue weighted by atomic mass is 10.0. The Balaban J connectivity index is 2.45. The average molecular weight is 226 g/mol. The quantitative estimate of drug-likeness (QED) is 0.783. The van der Waals surface area contributed by atoms with E-state index in [1.165, 1.54) is 0 Å². The summed E-state index contributed by atoms with van der Waals surface area (Å²) in [5, 5.41) is 15.3. The fourth-order valence-electron chi connectivity index (χ4n) is 1.52. The first-order chi connectivity index (χ1) is 8.27. The molecule has 0 radical (unpaired) electrons. The second-order valence-electron chi connectivity index (χ2n) is 3.37. The predicted octanol–water partition coefficient (Wildman–Crippen LogP) is 4.12. The molecule has 0 heterocycles. The van der Waals surface area contributed by atoms with E-state index in [-0.39, 0.29) is 0 Å². The van der Waals surface area contributed by atoms with E-state index in [4.69, 9.17) is 5.11 Å². The van der Waals surface area contributed by atoms with Crippen molar-refractivity contribution in [2.75, 3.05) is 0 Å². The van der Waals surface area contributed by atoms with Crippen LogP contribution in [-0.4, -0.2) is 11.2 Å². The second-order valence-corrected chi connectivity index (χ2v) is 3.37. The molecule has 0 fully saturated rings. The van der Waals surface area contributed by atoms with Gasteiger partial charge in [0.1, 0.15) is 0 Å². The van der Waals surface area contributed by atoms with Gasteiger partial charge in [-0.2, -0.15) is 0 Å². The van der Waals surface area contributed by atoms with E-state index < -0.39 is 6.09 Å². The van der Waals surface area contributed by atoms with E-state index in [0.29, 0.717) is 5.69 Å². The summed E-state index contributed by atoms with van der Waals surface area (Å²) in [6.45, 7) is 0. The molecule has 2 aromatic rings. The molecule has 0 aliphatic heterocycles. The van der Waals surface area contributed by atoms with E-state index in [9.17, 15) is 4.79 Å². The highest BCUT2D eigenvalue weighted by molar-refractivity contribution is 5.76. The number of nitrogens with zero attached hydrogens (tertiary/aromatic N) is 2. The van der Waals surface area contributed by atoms with Crippen LogP contribution in [0.3, 0.4) is 0 Å². The number of azo groups is 1. The van der Waals surface area contributed by atoms with E-state index >= 15 is 0 Å². The SMILES string of the molecule is O=C(O)N=Nc1ccccc1-c1ccccc1. The Labute approximate surface area is 98.3 Å². The lowest BCUT2D eigenvalue weighted by Gasteiger charge is -2.03. The zero-order chi connectivity index (χ0) is 12.1. The number of hydrogen-bond acceptors (Lipinski definition) is 2. The molecule has 0 atom stereocenters. The summed E-state index contributed by atoms with van der Waals surface area (Å²) in [7, 11) is 0. The average Bonchev–Trinajstić information content (AvgIpc) is 2.38. The third kappa shape index (κ3) is 2.75. The number of carbonyl (C=O) groups is 1. The van der Waals surface area contributed by atoms with Gasteiger partial charge >= 0.3 is 6.09 Å². The minimum atomic E-state index is -1.30. The van der Waals surface area contributed by atoms with Crippen LogP contribution in [0.5, 0.6) is 0 Å². The minimum Gasteiger partial charge on any atom is -0.462 e. The van der Waals surface area contributed by atoms with Crippen molar-refractivity contribution in [2.45, 2.75) is 0 Å². The first kappa shape index (κ1) is 11.0. The predicted molar refractivity (Wildman–Crippen MR) is 64.4 cm³/mol. The molecule has 4 nitrogen and oxygen atoms in total. The number of amides is 1. The van der Waals surface area contributed by atoms with Crippen LogP contribution in [0.2, 0.25) is 0 Å². The Kier molecular flexibility index (Phi) is 3.25. The lowest BCUT2D eigenvalue weighted by molar-refractivity contribution is 0.204. The van der Waals surface area contributed by atoms with Gasteiger partial charge in [-0.15, -0.1) is 5.11 Å². The molecule has 1 amide bonds. The Morgan fingerprint density at radius 2 is 1.59 bits per heavy atom. The number of benzene rings is 2. The second kappa shape index (κ2) is 5.03. The Morgan fingerprint density at radius 1 is 0.941 bits per heavy atom. The number of hydrogen-bond donors (Lipinski definition) is 1. The summed E-state index contributed by atoms with van der Waals surface area (Å²) in [6, 6.07) is 16.9. The molecule has 0 saturated heterocycles. The van der Waals surface area contributed by atoms with Crippen LogP contribution in [0.25, 0.3) is 11.1 Å². The topological polar surface area (TPSA) is 62.0 Å². The largest absolute Gasteiger partial charge is 0.462 e. The monoisotopic (exact) mass is 226 g/mol. The molecule has 2 rings (SSSR count). The molecule has 0 spiro atoms. The maximum Gasteiger partial charge on any atom is 0.449 e. The molecule has 2 aromatic carbocycles. The fraction of sp³-hybridized carbons (Fsp3) is 0. The molecule has 0 bridgehead atoms. The number of rotatable bonds is 2. The van der Waals surface area contributed by atoms with Gasteiger partial charge in [-0.25, -0.2) is 4.79 Å². The molecule has 4 heteroatoms. The standard InChI is InChI=1S/C13H10N2O2/c16-13(17)15-14-12-9-5-4-8-11(12)10-6-2-1-3-7-10/h1-9H,(H,16,17). The zero-order valence-electron chi connectivity index (χ0n) is 8.95. The first-order valence-corrected chi connectivity index (χ1v) is 5.06. The molecule has 0 aliphatic rings. The first-order valence-electron chi connectivity index (χ1n) is 5.06. The highest BCUT2D eigenvalue weighted by atomic mass is 16.4. The fourth-order valence-corrected chi connectivity index (χ4v) is 1.52. The van der Waals surface area contributed by atoms with Gasteiger partial charge in [0.05, 0.1) is 5.69 Å². The van der Waals surface area contributed by atoms with Gasteiger partial charge < -0.3 is 5.11 Å². The van der Waals surface area contributed by atoms with Gasteiger partial charge in [-0.05, 0) is 11.6 Å². The Hall–Kier alpha value is -2.49. The van der Waals surface area contributed by atoms with Gasteiger partial charge in [0, 0.05) is 5.56 Å². The van der Waals surface area contributed by atoms with Crippen LogP contribution in [0.1, 0.15) is 0 Å². The highest BCUT2D eigenvalue weighted by Crippen LogP contribution is 2.29. The number of carboxylic acid groups (broad SMARTS) is 1. The van der Waals surface area contributed by atoms with Crippen molar-refractivity contribution in [1.29, 1.82) is 0 Å². The molecular weight excluding hydrogens is 216 g/mol. The van der Waals surface area contributed by atoms with E-state index in [0.717, 1.165) is 11.1 Å². The third-order valence-electron chi connectivity index (χ3n) is 2.23. The smallest absolute Gasteiger partial charge is 0.449 e. The van der Waals surface area contributed by atoms with E-state index in [1.807, 2.05) is 42.5 Å². The zero-order valence-corrected chi connectivity index (χ0v) is 8.95. The molecule has 1 N–H and O–H groups in total. The van der Waals surface area contributed by atoms with Crippen LogP contribution in [0, 0.1) is 0 Å². The molecule has 0 unspecified atom stereocenters. The van der Waals surface area contributed by atoms with Crippen molar-refractivity contribution in [3.8, 4) is 11.1 Å². The van der Waals surface area contributed by atoms with Crippen molar-refractivity contribution in [1.82, 2.24) is 0 Å². The van der Waals surface area contributed by atoms with E-state index in [1.54, 1.807) is 12.1 Å². The van der Waals surface area contributed by atoms with Gasteiger partial charge in [-0.3, -0.25) is 0 Å². The normalized spacial score (nSPS) is 10.6.